The molecule has 1 saturated carbocycles. The first-order chi connectivity index (χ1) is 10.2. The number of hydrogen-bond acceptors (Lipinski definition) is 3. The van der Waals surface area contributed by atoms with E-state index < -0.39 is 0 Å². The van der Waals surface area contributed by atoms with E-state index in [0.29, 0.717) is 13.2 Å². The Balaban J connectivity index is 1.57. The largest absolute Gasteiger partial charge is 0.374 e. The Labute approximate surface area is 127 Å². The number of nitrogens with two attached hydrogens (primary N) is 1. The fourth-order valence-electron chi connectivity index (χ4n) is 2.76. The van der Waals surface area contributed by atoms with Crippen LogP contribution in [0.25, 0.3) is 0 Å². The number of hydrogen-bond donors (Lipinski definition) is 2. The molecule has 1 aliphatic rings. The van der Waals surface area contributed by atoms with Gasteiger partial charge in [0, 0.05) is 25.1 Å². The SMILES string of the molecule is CC(OCCCNC(=O)C1CCC(N)C1)c1ccccc1. The Morgan fingerprint density at radius 2 is 2.14 bits per heavy atom. The summed E-state index contributed by atoms with van der Waals surface area (Å²) in [6, 6.07) is 10.4. The monoisotopic (exact) mass is 290 g/mol. The van der Waals surface area contributed by atoms with Crippen molar-refractivity contribution < 1.29 is 9.53 Å². The zero-order valence-electron chi connectivity index (χ0n) is 12.8. The second-order valence-corrected chi connectivity index (χ2v) is 5.84. The highest BCUT2D eigenvalue weighted by molar-refractivity contribution is 5.78. The first kappa shape index (κ1) is 16.0. The number of benzene rings is 1. The molecule has 4 heteroatoms. The lowest BCUT2D eigenvalue weighted by Gasteiger charge is -2.14. The van der Waals surface area contributed by atoms with E-state index in [2.05, 4.69) is 17.4 Å². The number of carbonyl (C=O) groups excluding carboxylic acids is 1. The molecule has 1 aromatic rings. The van der Waals surface area contributed by atoms with Gasteiger partial charge >= 0.3 is 0 Å². The molecule has 0 saturated heterocycles. The Morgan fingerprint density at radius 3 is 2.81 bits per heavy atom. The highest BCUT2D eigenvalue weighted by Crippen LogP contribution is 2.24. The van der Waals surface area contributed by atoms with Crippen molar-refractivity contribution in [3.63, 3.8) is 0 Å². The molecule has 3 atom stereocenters. The van der Waals surface area contributed by atoms with E-state index in [4.69, 9.17) is 10.5 Å². The molecular weight excluding hydrogens is 264 g/mol. The molecule has 1 aliphatic carbocycles. The standard InChI is InChI=1S/C17H26N2O2/c1-13(14-6-3-2-4-7-14)21-11-5-10-19-17(20)15-8-9-16(18)12-15/h2-4,6-7,13,15-16H,5,8-12,18H2,1H3,(H,19,20). The van der Waals surface area contributed by atoms with Crippen LogP contribution in [0.3, 0.4) is 0 Å². The molecule has 3 N–H and O–H groups in total. The Hall–Kier alpha value is -1.39. The zero-order valence-corrected chi connectivity index (χ0v) is 12.8. The molecule has 0 radical (unpaired) electrons. The van der Waals surface area contributed by atoms with Crippen molar-refractivity contribution in [1.82, 2.24) is 5.32 Å². The molecule has 1 aromatic carbocycles. The summed E-state index contributed by atoms with van der Waals surface area (Å²) in [4.78, 5) is 11.9. The quantitative estimate of drug-likeness (QED) is 0.758. The highest BCUT2D eigenvalue weighted by Gasteiger charge is 2.27. The summed E-state index contributed by atoms with van der Waals surface area (Å²) in [6.45, 7) is 3.38. The Morgan fingerprint density at radius 1 is 1.38 bits per heavy atom. The van der Waals surface area contributed by atoms with E-state index in [1.54, 1.807) is 0 Å². The van der Waals surface area contributed by atoms with Crippen LogP contribution in [0.2, 0.25) is 0 Å². The van der Waals surface area contributed by atoms with Gasteiger partial charge < -0.3 is 15.8 Å². The summed E-state index contributed by atoms with van der Waals surface area (Å²) in [7, 11) is 0. The van der Waals surface area contributed by atoms with Crippen LogP contribution in [0, 0.1) is 5.92 Å². The van der Waals surface area contributed by atoms with Crippen molar-refractivity contribution in [2.45, 2.75) is 44.8 Å². The lowest BCUT2D eigenvalue weighted by atomic mass is 10.1. The fourth-order valence-corrected chi connectivity index (χ4v) is 2.76. The zero-order chi connectivity index (χ0) is 15.1. The maximum Gasteiger partial charge on any atom is 0.223 e. The van der Waals surface area contributed by atoms with E-state index in [1.807, 2.05) is 25.1 Å². The smallest absolute Gasteiger partial charge is 0.223 e. The van der Waals surface area contributed by atoms with Gasteiger partial charge in [0.1, 0.15) is 0 Å². The topological polar surface area (TPSA) is 64.3 Å². The number of rotatable bonds is 7. The van der Waals surface area contributed by atoms with E-state index in [0.717, 1.165) is 25.7 Å². The van der Waals surface area contributed by atoms with Crippen molar-refractivity contribution in [1.29, 1.82) is 0 Å². The van der Waals surface area contributed by atoms with Gasteiger partial charge in [-0.25, -0.2) is 0 Å². The van der Waals surface area contributed by atoms with Crippen LogP contribution in [0.5, 0.6) is 0 Å². The average Bonchev–Trinajstić information content (AvgIpc) is 2.94. The van der Waals surface area contributed by atoms with Crippen LogP contribution in [0.1, 0.15) is 44.3 Å². The van der Waals surface area contributed by atoms with E-state index in [1.165, 1.54) is 5.56 Å². The number of amides is 1. The van der Waals surface area contributed by atoms with Crippen LogP contribution in [0.4, 0.5) is 0 Å². The molecule has 0 aliphatic heterocycles. The third kappa shape index (κ3) is 5.14. The first-order valence-electron chi connectivity index (χ1n) is 7.86. The van der Waals surface area contributed by atoms with Crippen molar-refractivity contribution in [2.24, 2.45) is 11.7 Å². The number of nitrogens with one attached hydrogen (secondary N) is 1. The third-order valence-corrected chi connectivity index (χ3v) is 4.10. The summed E-state index contributed by atoms with van der Waals surface area (Å²) in [5.74, 6) is 0.267. The number of ether oxygens (including phenoxy) is 1. The average molecular weight is 290 g/mol. The van der Waals surface area contributed by atoms with Gasteiger partial charge in [0.2, 0.25) is 5.91 Å². The van der Waals surface area contributed by atoms with Crippen molar-refractivity contribution in [3.8, 4) is 0 Å². The lowest BCUT2D eigenvalue weighted by molar-refractivity contribution is -0.124. The summed E-state index contributed by atoms with van der Waals surface area (Å²) >= 11 is 0. The molecule has 2 rings (SSSR count). The van der Waals surface area contributed by atoms with Gasteiger partial charge in [0.15, 0.2) is 0 Å². The van der Waals surface area contributed by atoms with Crippen molar-refractivity contribution in [3.05, 3.63) is 35.9 Å². The second kappa shape index (κ2) is 8.15. The molecule has 4 nitrogen and oxygen atoms in total. The minimum atomic E-state index is 0.0923. The van der Waals surface area contributed by atoms with Gasteiger partial charge in [-0.1, -0.05) is 30.3 Å². The molecule has 0 aromatic heterocycles. The Kier molecular flexibility index (Phi) is 6.21. The van der Waals surface area contributed by atoms with E-state index >= 15 is 0 Å². The van der Waals surface area contributed by atoms with Gasteiger partial charge in [0.05, 0.1) is 6.10 Å². The van der Waals surface area contributed by atoms with Gasteiger partial charge in [-0.15, -0.1) is 0 Å². The van der Waals surface area contributed by atoms with Crippen LogP contribution in [-0.2, 0) is 9.53 Å². The first-order valence-corrected chi connectivity index (χ1v) is 7.86. The maximum atomic E-state index is 11.9. The normalized spacial score (nSPS) is 23.0. The van der Waals surface area contributed by atoms with Crippen LogP contribution in [-0.4, -0.2) is 25.1 Å². The molecule has 116 valence electrons. The van der Waals surface area contributed by atoms with Crippen molar-refractivity contribution >= 4 is 5.91 Å². The molecule has 3 unspecified atom stereocenters. The number of carbonyl (C=O) groups is 1. The van der Waals surface area contributed by atoms with Crippen molar-refractivity contribution in [2.75, 3.05) is 13.2 Å². The minimum absolute atomic E-state index is 0.0923. The minimum Gasteiger partial charge on any atom is -0.374 e. The predicted molar refractivity (Wildman–Crippen MR) is 83.8 cm³/mol. The fraction of sp³-hybridized carbons (Fsp3) is 0.588. The molecule has 1 amide bonds. The van der Waals surface area contributed by atoms with Gasteiger partial charge in [-0.2, -0.15) is 0 Å². The van der Waals surface area contributed by atoms with Crippen LogP contribution >= 0.6 is 0 Å². The summed E-state index contributed by atoms with van der Waals surface area (Å²) in [5.41, 5.74) is 7.01. The second-order valence-electron chi connectivity index (χ2n) is 5.84. The summed E-state index contributed by atoms with van der Waals surface area (Å²) < 4.78 is 5.78. The summed E-state index contributed by atoms with van der Waals surface area (Å²) in [5, 5.41) is 2.98. The predicted octanol–water partition coefficient (Wildman–Crippen LogP) is 2.40. The van der Waals surface area contributed by atoms with Crippen LogP contribution in [0.15, 0.2) is 30.3 Å². The summed E-state index contributed by atoms with van der Waals surface area (Å²) in [6.07, 6.45) is 3.65. The third-order valence-electron chi connectivity index (χ3n) is 4.10. The Bertz CT molecular complexity index is 436. The highest BCUT2D eigenvalue weighted by atomic mass is 16.5. The molecular formula is C17H26N2O2. The van der Waals surface area contributed by atoms with E-state index in [9.17, 15) is 4.79 Å². The molecule has 0 heterocycles. The molecule has 1 fully saturated rings. The van der Waals surface area contributed by atoms with Crippen LogP contribution < -0.4 is 11.1 Å². The molecule has 0 spiro atoms. The van der Waals surface area contributed by atoms with E-state index in [-0.39, 0.29) is 24.0 Å². The van der Waals surface area contributed by atoms with Gasteiger partial charge in [0.25, 0.3) is 0 Å². The lowest BCUT2D eigenvalue weighted by Crippen LogP contribution is -2.31. The van der Waals surface area contributed by atoms with Gasteiger partial charge in [-0.05, 0) is 38.2 Å². The molecule has 0 bridgehead atoms. The maximum absolute atomic E-state index is 11.9. The van der Waals surface area contributed by atoms with Gasteiger partial charge in [-0.3, -0.25) is 4.79 Å². The molecule has 21 heavy (non-hydrogen) atoms.